The van der Waals surface area contributed by atoms with Crippen LogP contribution in [-0.2, 0) is 25.7 Å². The van der Waals surface area contributed by atoms with E-state index in [0.29, 0.717) is 0 Å². The maximum absolute atomic E-state index is 4.84. The van der Waals surface area contributed by atoms with Gasteiger partial charge in [0.1, 0.15) is 0 Å². The van der Waals surface area contributed by atoms with Crippen molar-refractivity contribution < 1.29 is 0 Å². The van der Waals surface area contributed by atoms with Crippen molar-refractivity contribution in [3.63, 3.8) is 0 Å². The molecule has 1 aromatic heterocycles. The maximum atomic E-state index is 4.84. The van der Waals surface area contributed by atoms with Crippen LogP contribution < -0.4 is 4.90 Å². The van der Waals surface area contributed by atoms with Crippen LogP contribution >= 0.6 is 0 Å². The van der Waals surface area contributed by atoms with E-state index in [1.165, 1.54) is 84.0 Å². The van der Waals surface area contributed by atoms with E-state index in [-0.39, 0.29) is 0 Å². The Morgan fingerprint density at radius 3 is 2.11 bits per heavy atom. The molecule has 0 radical (unpaired) electrons. The van der Waals surface area contributed by atoms with Gasteiger partial charge in [-0.05, 0) is 92.2 Å². The van der Waals surface area contributed by atoms with Gasteiger partial charge in [0, 0.05) is 19.0 Å². The van der Waals surface area contributed by atoms with Crippen LogP contribution in [0.15, 0.2) is 85.1 Å². The third-order valence-electron chi connectivity index (χ3n) is 8.55. The lowest BCUT2D eigenvalue weighted by Gasteiger charge is -2.40. The van der Waals surface area contributed by atoms with E-state index < -0.39 is 0 Å². The molecule has 0 saturated carbocycles. The smallest absolute Gasteiger partial charge is 0.0688 e. The van der Waals surface area contributed by atoms with Crippen molar-refractivity contribution in [2.75, 3.05) is 4.90 Å². The summed E-state index contributed by atoms with van der Waals surface area (Å²) in [7, 11) is 0. The molecule has 4 aliphatic rings. The summed E-state index contributed by atoms with van der Waals surface area (Å²) in [5.41, 5.74) is 21.2. The third-order valence-corrected chi connectivity index (χ3v) is 8.55. The van der Waals surface area contributed by atoms with Gasteiger partial charge in [0.05, 0.1) is 22.8 Å². The number of aromatic nitrogens is 1. The van der Waals surface area contributed by atoms with Gasteiger partial charge in [-0.15, -0.1) is 0 Å². The number of rotatable bonds is 0. The molecule has 9 rings (SSSR count). The highest BCUT2D eigenvalue weighted by Gasteiger charge is 2.38. The highest BCUT2D eigenvalue weighted by molar-refractivity contribution is 5.98. The first-order valence-electron chi connectivity index (χ1n) is 12.6. The average Bonchev–Trinajstić information content (AvgIpc) is 3.46. The Balaban J connectivity index is 1.40. The second-order valence-corrected chi connectivity index (χ2v) is 10.3. The van der Waals surface area contributed by atoms with Crippen LogP contribution in [0.25, 0.3) is 22.3 Å². The zero-order valence-electron chi connectivity index (χ0n) is 19.3. The topological polar surface area (TPSA) is 16.1 Å². The van der Waals surface area contributed by atoms with Crippen molar-refractivity contribution >= 4 is 17.1 Å². The number of benzene rings is 4. The highest BCUT2D eigenvalue weighted by atomic mass is 15.2. The Morgan fingerprint density at radius 1 is 0.543 bits per heavy atom. The first kappa shape index (κ1) is 18.2. The van der Waals surface area contributed by atoms with Crippen LogP contribution in [0.2, 0.25) is 0 Å². The van der Waals surface area contributed by atoms with Gasteiger partial charge >= 0.3 is 0 Å². The Bertz CT molecular complexity index is 1760. The summed E-state index contributed by atoms with van der Waals surface area (Å²) in [5.74, 6) is 0. The zero-order chi connectivity index (χ0) is 22.7. The second kappa shape index (κ2) is 6.28. The lowest BCUT2D eigenvalue weighted by molar-refractivity contribution is 0.968. The van der Waals surface area contributed by atoms with E-state index >= 15 is 0 Å². The van der Waals surface area contributed by atoms with Crippen molar-refractivity contribution in [2.45, 2.75) is 25.7 Å². The Labute approximate surface area is 204 Å². The molecule has 0 N–H and O–H groups in total. The summed E-state index contributed by atoms with van der Waals surface area (Å²) in [6.07, 6.45) is 5.90. The number of pyridine rings is 1. The molecular formula is C33H22N2. The summed E-state index contributed by atoms with van der Waals surface area (Å²) >= 11 is 0. The first-order chi connectivity index (χ1) is 17.3. The molecule has 0 spiro atoms. The van der Waals surface area contributed by atoms with Crippen LogP contribution in [-0.4, -0.2) is 4.98 Å². The number of fused-ring (bicyclic) bond motifs is 12. The molecule has 0 amide bonds. The third kappa shape index (κ3) is 2.23. The summed E-state index contributed by atoms with van der Waals surface area (Å²) in [5, 5.41) is 0. The molecule has 4 aromatic carbocycles. The molecule has 0 saturated heterocycles. The van der Waals surface area contributed by atoms with Gasteiger partial charge in [-0.2, -0.15) is 0 Å². The van der Waals surface area contributed by atoms with E-state index in [0.717, 1.165) is 25.7 Å². The van der Waals surface area contributed by atoms with Crippen LogP contribution in [0.4, 0.5) is 17.1 Å². The fraction of sp³-hybridized carbons (Fsp3) is 0.121. The van der Waals surface area contributed by atoms with E-state index in [4.69, 9.17) is 4.98 Å². The van der Waals surface area contributed by atoms with Crippen LogP contribution in [0.1, 0.15) is 44.6 Å². The molecule has 164 valence electrons. The number of nitrogens with zero attached hydrogens (tertiary/aromatic N) is 2. The zero-order valence-corrected chi connectivity index (χ0v) is 19.3. The summed E-state index contributed by atoms with van der Waals surface area (Å²) in [6, 6.07) is 29.6. The molecule has 5 aromatic rings. The summed E-state index contributed by atoms with van der Waals surface area (Å²) in [6.45, 7) is 0. The van der Waals surface area contributed by atoms with Crippen LogP contribution in [0, 0.1) is 0 Å². The van der Waals surface area contributed by atoms with Gasteiger partial charge in [-0.25, -0.2) is 0 Å². The van der Waals surface area contributed by atoms with E-state index in [1.807, 2.05) is 6.20 Å². The number of anilines is 3. The molecule has 2 aliphatic carbocycles. The highest BCUT2D eigenvalue weighted by Crippen LogP contribution is 2.57. The Morgan fingerprint density at radius 2 is 1.29 bits per heavy atom. The van der Waals surface area contributed by atoms with Gasteiger partial charge in [0.2, 0.25) is 0 Å². The summed E-state index contributed by atoms with van der Waals surface area (Å²) in [4.78, 5) is 7.38. The molecule has 35 heavy (non-hydrogen) atoms. The van der Waals surface area contributed by atoms with Gasteiger partial charge in [-0.3, -0.25) is 4.98 Å². The van der Waals surface area contributed by atoms with Crippen molar-refractivity contribution in [2.24, 2.45) is 0 Å². The Kier molecular flexibility index (Phi) is 3.27. The van der Waals surface area contributed by atoms with Gasteiger partial charge < -0.3 is 4.90 Å². The van der Waals surface area contributed by atoms with E-state index in [2.05, 4.69) is 83.8 Å². The van der Waals surface area contributed by atoms with Gasteiger partial charge in [0.25, 0.3) is 0 Å². The lowest BCUT2D eigenvalue weighted by atomic mass is 9.81. The van der Waals surface area contributed by atoms with Crippen molar-refractivity contribution in [3.05, 3.63) is 130 Å². The number of hydrogen-bond acceptors (Lipinski definition) is 2. The van der Waals surface area contributed by atoms with Crippen molar-refractivity contribution in [3.8, 4) is 22.3 Å². The maximum Gasteiger partial charge on any atom is 0.0688 e. The predicted molar refractivity (Wildman–Crippen MR) is 141 cm³/mol. The molecule has 2 nitrogen and oxygen atoms in total. The molecule has 2 heteroatoms. The lowest BCUT2D eigenvalue weighted by Crippen LogP contribution is -2.26. The molecule has 0 fully saturated rings. The quantitative estimate of drug-likeness (QED) is 0.240. The molecule has 0 unspecified atom stereocenters. The minimum atomic E-state index is 0.905. The largest absolute Gasteiger partial charge is 0.308 e. The minimum Gasteiger partial charge on any atom is -0.308 e. The fourth-order valence-electron chi connectivity index (χ4n) is 7.22. The SMILES string of the molecule is c1ccc2c(c1)Cc1ccc3c(c1-2)Cc1c2c(cc4c1N3c1cccnc1C4)Cc1ccccc1-2. The van der Waals surface area contributed by atoms with Crippen molar-refractivity contribution in [1.82, 2.24) is 4.98 Å². The van der Waals surface area contributed by atoms with Crippen molar-refractivity contribution in [1.29, 1.82) is 0 Å². The molecule has 3 heterocycles. The fourth-order valence-corrected chi connectivity index (χ4v) is 7.22. The predicted octanol–water partition coefficient (Wildman–Crippen LogP) is 7.50. The standard InChI is InChI=1S/C33H22N2/c1-3-8-24-19(6-1)14-21-11-12-29-26(31(21)24)18-27-32-22(15-20-7-2-4-9-25(20)32)16-23-17-28-30(10-5-13-34-28)35(29)33(23)27/h1-13,16H,14-15,17-18H2. The molecule has 0 atom stereocenters. The second-order valence-electron chi connectivity index (χ2n) is 10.3. The minimum absolute atomic E-state index is 0.905. The van der Waals surface area contributed by atoms with E-state index in [9.17, 15) is 0 Å². The first-order valence-corrected chi connectivity index (χ1v) is 12.6. The number of hydrogen-bond donors (Lipinski definition) is 0. The van der Waals surface area contributed by atoms with E-state index in [1.54, 1.807) is 0 Å². The van der Waals surface area contributed by atoms with Gasteiger partial charge in [-0.1, -0.05) is 60.7 Å². The normalized spacial score (nSPS) is 14.9. The molecule has 2 aliphatic heterocycles. The molecular weight excluding hydrogens is 424 g/mol. The van der Waals surface area contributed by atoms with Crippen LogP contribution in [0.5, 0.6) is 0 Å². The van der Waals surface area contributed by atoms with Crippen LogP contribution in [0.3, 0.4) is 0 Å². The van der Waals surface area contributed by atoms with Gasteiger partial charge in [0.15, 0.2) is 0 Å². The summed E-state index contributed by atoms with van der Waals surface area (Å²) < 4.78 is 0. The monoisotopic (exact) mass is 446 g/mol. The average molecular weight is 447 g/mol. The molecule has 0 bridgehead atoms. The Hall–Kier alpha value is -4.17.